The van der Waals surface area contributed by atoms with Gasteiger partial charge in [0.2, 0.25) is 0 Å². The Morgan fingerprint density at radius 2 is 1.90 bits per heavy atom. The van der Waals surface area contributed by atoms with Crippen LogP contribution in [0.25, 0.3) is 0 Å². The third kappa shape index (κ3) is 5.66. The molecule has 0 aliphatic heterocycles. The van der Waals surface area contributed by atoms with Crippen LogP contribution in [0.5, 0.6) is 0 Å². The van der Waals surface area contributed by atoms with Crippen molar-refractivity contribution in [2.24, 2.45) is 5.92 Å². The minimum absolute atomic E-state index is 0.179. The smallest absolute Gasteiger partial charge is 0.406 e. The number of aliphatic carboxylic acids is 1. The lowest BCUT2D eigenvalue weighted by Gasteiger charge is -2.28. The van der Waals surface area contributed by atoms with Gasteiger partial charge < -0.3 is 15.3 Å². The van der Waals surface area contributed by atoms with Crippen LogP contribution in [0.2, 0.25) is 0 Å². The molecule has 116 valence electrons. The molecule has 0 radical (unpaired) electrons. The molecular formula is C12H19F3N2O3. The number of urea groups is 1. The van der Waals surface area contributed by atoms with Gasteiger partial charge in [0.05, 0.1) is 6.42 Å². The summed E-state index contributed by atoms with van der Waals surface area (Å²) in [6, 6.07) is -1.92. The Labute approximate surface area is 115 Å². The highest BCUT2D eigenvalue weighted by atomic mass is 19.4. The fourth-order valence-electron chi connectivity index (χ4n) is 1.83. The van der Waals surface area contributed by atoms with Crippen LogP contribution in [0.1, 0.15) is 33.1 Å². The summed E-state index contributed by atoms with van der Waals surface area (Å²) in [4.78, 5) is 23.4. The van der Waals surface area contributed by atoms with Crippen LogP contribution in [0.15, 0.2) is 0 Å². The van der Waals surface area contributed by atoms with E-state index in [0.717, 1.165) is 4.90 Å². The van der Waals surface area contributed by atoms with Gasteiger partial charge in [-0.3, -0.25) is 4.79 Å². The molecule has 0 heterocycles. The lowest BCUT2D eigenvalue weighted by molar-refractivity contribution is -0.142. The first kappa shape index (κ1) is 16.6. The molecule has 1 unspecified atom stereocenters. The standard InChI is InChI=1S/C12H19F3N2O3/c1-7(2)9(5-10(18)19)16-11(20)17(8-3-4-8)6-12(13,14)15/h7-9H,3-6H2,1-2H3,(H,16,20)(H,18,19). The van der Waals surface area contributed by atoms with Gasteiger partial charge in [-0.15, -0.1) is 0 Å². The number of nitrogens with zero attached hydrogens (tertiary/aromatic N) is 1. The number of carboxylic acids is 1. The van der Waals surface area contributed by atoms with Crippen LogP contribution >= 0.6 is 0 Å². The Hall–Kier alpha value is -1.47. The average molecular weight is 296 g/mol. The van der Waals surface area contributed by atoms with Gasteiger partial charge in [0.25, 0.3) is 0 Å². The number of hydrogen-bond acceptors (Lipinski definition) is 2. The summed E-state index contributed by atoms with van der Waals surface area (Å²) in [5.74, 6) is -1.28. The van der Waals surface area contributed by atoms with Crippen LogP contribution in [-0.4, -0.2) is 46.8 Å². The topological polar surface area (TPSA) is 69.6 Å². The number of rotatable bonds is 6. The van der Waals surface area contributed by atoms with Gasteiger partial charge in [0, 0.05) is 12.1 Å². The van der Waals surface area contributed by atoms with Crippen molar-refractivity contribution in [3.63, 3.8) is 0 Å². The summed E-state index contributed by atoms with van der Waals surface area (Å²) in [5, 5.41) is 11.1. The number of nitrogens with one attached hydrogen (secondary N) is 1. The van der Waals surface area contributed by atoms with E-state index in [1.54, 1.807) is 13.8 Å². The van der Waals surface area contributed by atoms with E-state index < -0.39 is 36.8 Å². The number of hydrogen-bond donors (Lipinski definition) is 2. The van der Waals surface area contributed by atoms with Crippen LogP contribution in [-0.2, 0) is 4.79 Å². The molecule has 20 heavy (non-hydrogen) atoms. The third-order valence-electron chi connectivity index (χ3n) is 3.11. The molecule has 1 fully saturated rings. The second-order valence-electron chi connectivity index (χ2n) is 5.37. The van der Waals surface area contributed by atoms with Crippen molar-refractivity contribution in [3.05, 3.63) is 0 Å². The van der Waals surface area contributed by atoms with Crippen molar-refractivity contribution in [2.75, 3.05) is 6.54 Å². The van der Waals surface area contributed by atoms with Crippen LogP contribution in [0.3, 0.4) is 0 Å². The molecule has 0 aromatic rings. The molecule has 0 bridgehead atoms. The summed E-state index contributed by atoms with van der Waals surface area (Å²) >= 11 is 0. The highest BCUT2D eigenvalue weighted by Crippen LogP contribution is 2.30. The fourth-order valence-corrected chi connectivity index (χ4v) is 1.83. The first-order valence-corrected chi connectivity index (χ1v) is 6.46. The Morgan fingerprint density at radius 3 is 2.25 bits per heavy atom. The van der Waals surface area contributed by atoms with Gasteiger partial charge in [0.15, 0.2) is 0 Å². The molecule has 0 aromatic carbocycles. The Kier molecular flexibility index (Phi) is 5.24. The first-order chi connectivity index (χ1) is 9.10. The molecule has 5 nitrogen and oxygen atoms in total. The lowest BCUT2D eigenvalue weighted by Crippen LogP contribution is -2.50. The summed E-state index contributed by atoms with van der Waals surface area (Å²) < 4.78 is 37.3. The molecular weight excluding hydrogens is 277 g/mol. The van der Waals surface area contributed by atoms with E-state index in [-0.39, 0.29) is 12.3 Å². The van der Waals surface area contributed by atoms with Gasteiger partial charge in [-0.25, -0.2) is 4.79 Å². The number of carbonyl (C=O) groups excluding carboxylic acids is 1. The molecule has 0 spiro atoms. The van der Waals surface area contributed by atoms with E-state index in [2.05, 4.69) is 5.32 Å². The van der Waals surface area contributed by atoms with Gasteiger partial charge >= 0.3 is 18.2 Å². The number of carbonyl (C=O) groups is 2. The van der Waals surface area contributed by atoms with Crippen molar-refractivity contribution in [3.8, 4) is 0 Å². The fraction of sp³-hybridized carbons (Fsp3) is 0.833. The summed E-state index contributed by atoms with van der Waals surface area (Å²) in [5.41, 5.74) is 0. The van der Waals surface area contributed by atoms with E-state index in [0.29, 0.717) is 12.8 Å². The molecule has 1 atom stereocenters. The monoisotopic (exact) mass is 296 g/mol. The van der Waals surface area contributed by atoms with Crippen LogP contribution in [0, 0.1) is 5.92 Å². The lowest BCUT2D eigenvalue weighted by atomic mass is 10.0. The molecule has 2 amide bonds. The highest BCUT2D eigenvalue weighted by Gasteiger charge is 2.41. The van der Waals surface area contributed by atoms with Crippen molar-refractivity contribution in [1.29, 1.82) is 0 Å². The van der Waals surface area contributed by atoms with Crippen LogP contribution in [0.4, 0.5) is 18.0 Å². The minimum Gasteiger partial charge on any atom is -0.481 e. The second-order valence-corrected chi connectivity index (χ2v) is 5.37. The van der Waals surface area contributed by atoms with E-state index in [1.807, 2.05) is 0 Å². The number of carboxylic acid groups (broad SMARTS) is 1. The van der Waals surface area contributed by atoms with Gasteiger partial charge in [-0.2, -0.15) is 13.2 Å². The zero-order chi connectivity index (χ0) is 15.5. The zero-order valence-electron chi connectivity index (χ0n) is 11.4. The number of alkyl halides is 3. The van der Waals surface area contributed by atoms with Crippen LogP contribution < -0.4 is 5.32 Å². The summed E-state index contributed by atoms with van der Waals surface area (Å²) in [6.45, 7) is 2.11. The summed E-state index contributed by atoms with van der Waals surface area (Å²) in [6.07, 6.45) is -3.67. The predicted octanol–water partition coefficient (Wildman–Crippen LogP) is 2.22. The van der Waals surface area contributed by atoms with Crippen molar-refractivity contribution >= 4 is 12.0 Å². The third-order valence-corrected chi connectivity index (χ3v) is 3.11. The SMILES string of the molecule is CC(C)C(CC(=O)O)NC(=O)N(CC(F)(F)F)C1CC1. The van der Waals surface area contributed by atoms with Gasteiger partial charge in [0.1, 0.15) is 6.54 Å². The maximum Gasteiger partial charge on any atom is 0.406 e. The molecule has 8 heteroatoms. The number of halogens is 3. The van der Waals surface area contributed by atoms with Crippen molar-refractivity contribution < 1.29 is 27.9 Å². The molecule has 1 rings (SSSR count). The van der Waals surface area contributed by atoms with E-state index >= 15 is 0 Å². The average Bonchev–Trinajstić information content (AvgIpc) is 3.06. The maximum atomic E-state index is 12.4. The van der Waals surface area contributed by atoms with E-state index in [1.165, 1.54) is 0 Å². The maximum absolute atomic E-state index is 12.4. The number of amides is 2. The quantitative estimate of drug-likeness (QED) is 0.789. The largest absolute Gasteiger partial charge is 0.481 e. The Balaban J connectivity index is 2.66. The van der Waals surface area contributed by atoms with Crippen molar-refractivity contribution in [2.45, 2.75) is 51.4 Å². The van der Waals surface area contributed by atoms with Crippen molar-refractivity contribution in [1.82, 2.24) is 10.2 Å². The molecule has 1 aliphatic carbocycles. The Bertz CT molecular complexity index is 367. The highest BCUT2D eigenvalue weighted by molar-refractivity contribution is 5.76. The van der Waals surface area contributed by atoms with E-state index in [4.69, 9.17) is 5.11 Å². The molecule has 0 saturated heterocycles. The predicted molar refractivity (Wildman–Crippen MR) is 65.2 cm³/mol. The normalized spacial score (nSPS) is 16.9. The first-order valence-electron chi connectivity index (χ1n) is 6.46. The Morgan fingerprint density at radius 1 is 1.35 bits per heavy atom. The zero-order valence-corrected chi connectivity index (χ0v) is 11.4. The molecule has 2 N–H and O–H groups in total. The molecule has 1 aliphatic rings. The molecule has 0 aromatic heterocycles. The summed E-state index contributed by atoms with van der Waals surface area (Å²) in [7, 11) is 0. The minimum atomic E-state index is -4.46. The van der Waals surface area contributed by atoms with Gasteiger partial charge in [-0.1, -0.05) is 13.8 Å². The van der Waals surface area contributed by atoms with E-state index in [9.17, 15) is 22.8 Å². The van der Waals surface area contributed by atoms with Gasteiger partial charge in [-0.05, 0) is 18.8 Å². The second kappa shape index (κ2) is 6.32. The molecule has 1 saturated carbocycles.